The van der Waals surface area contributed by atoms with Crippen LogP contribution in [0.15, 0.2) is 53.4 Å². The zero-order chi connectivity index (χ0) is 26.6. The molecule has 0 saturated carbocycles. The van der Waals surface area contributed by atoms with Gasteiger partial charge in [0.15, 0.2) is 0 Å². The smallest absolute Gasteiger partial charge is 0.306 e. The van der Waals surface area contributed by atoms with Crippen LogP contribution in [0.3, 0.4) is 0 Å². The highest BCUT2D eigenvalue weighted by atomic mass is 79.9. The summed E-state index contributed by atoms with van der Waals surface area (Å²) in [5, 5.41) is 12.2. The second-order valence-corrected chi connectivity index (χ2v) is 11.2. The summed E-state index contributed by atoms with van der Waals surface area (Å²) in [5.74, 6) is -0.375. The van der Waals surface area contributed by atoms with Gasteiger partial charge in [-0.15, -0.1) is 0 Å². The standard InChI is InChI=1S/C25H25BrFN5O4S/c1-37(34,35)36-21-4-5-22(26)19(11-21)15-31-9-7-24(25(31)33)30-8-6-20-13-29-16-32(20)14-17-2-3-18(12-28)23(27)10-17/h2-5,10-11,13,16,24,30H,6-9,14-15H2,1H3/t24-/m0/s1. The van der Waals surface area contributed by atoms with E-state index in [4.69, 9.17) is 9.44 Å². The predicted octanol–water partition coefficient (Wildman–Crippen LogP) is 2.98. The van der Waals surface area contributed by atoms with E-state index in [2.05, 4.69) is 26.2 Å². The normalized spacial score (nSPS) is 15.7. The van der Waals surface area contributed by atoms with Gasteiger partial charge in [0.1, 0.15) is 17.6 Å². The second kappa shape index (κ2) is 11.4. The number of hydrogen-bond acceptors (Lipinski definition) is 7. The number of benzene rings is 2. The Labute approximate surface area is 223 Å². The predicted molar refractivity (Wildman–Crippen MR) is 138 cm³/mol. The lowest BCUT2D eigenvalue weighted by atomic mass is 10.1. The lowest BCUT2D eigenvalue weighted by Gasteiger charge is -2.19. The molecule has 1 aromatic heterocycles. The third-order valence-electron chi connectivity index (χ3n) is 6.00. The van der Waals surface area contributed by atoms with Gasteiger partial charge in [0.05, 0.1) is 24.2 Å². The summed E-state index contributed by atoms with van der Waals surface area (Å²) >= 11 is 3.46. The number of nitrogens with one attached hydrogen (secondary N) is 1. The Morgan fingerprint density at radius 2 is 2.08 bits per heavy atom. The highest BCUT2D eigenvalue weighted by molar-refractivity contribution is 9.10. The molecule has 12 heteroatoms. The summed E-state index contributed by atoms with van der Waals surface area (Å²) in [7, 11) is -3.65. The zero-order valence-corrected chi connectivity index (χ0v) is 22.4. The molecule has 2 heterocycles. The van der Waals surface area contributed by atoms with Crippen LogP contribution in [0.4, 0.5) is 4.39 Å². The molecule has 0 spiro atoms. The number of imidazole rings is 1. The number of amides is 1. The van der Waals surface area contributed by atoms with Crippen molar-refractivity contribution < 1.29 is 21.8 Å². The molecule has 9 nitrogen and oxygen atoms in total. The molecule has 1 atom stereocenters. The Hall–Kier alpha value is -3.27. The highest BCUT2D eigenvalue weighted by Crippen LogP contribution is 2.26. The first-order chi connectivity index (χ1) is 17.6. The number of hydrogen-bond donors (Lipinski definition) is 1. The molecule has 1 amide bonds. The van der Waals surface area contributed by atoms with Crippen LogP contribution in [0.2, 0.25) is 0 Å². The van der Waals surface area contributed by atoms with Gasteiger partial charge >= 0.3 is 10.1 Å². The third-order valence-corrected chi connectivity index (χ3v) is 7.27. The number of nitrogens with zero attached hydrogens (tertiary/aromatic N) is 4. The van der Waals surface area contributed by atoms with E-state index in [0.29, 0.717) is 39.0 Å². The topological polar surface area (TPSA) is 117 Å². The first kappa shape index (κ1) is 26.8. The summed E-state index contributed by atoms with van der Waals surface area (Å²) in [6.07, 6.45) is 5.68. The number of likely N-dealkylation sites (tertiary alicyclic amines) is 1. The SMILES string of the molecule is CS(=O)(=O)Oc1ccc(Br)c(CN2CC[C@H](NCCc3cncn3Cc3ccc(C#N)c(F)c3)C2=O)c1. The van der Waals surface area contributed by atoms with Gasteiger partial charge < -0.3 is 19.0 Å². The first-order valence-corrected chi connectivity index (χ1v) is 14.1. The molecule has 3 aromatic rings. The monoisotopic (exact) mass is 589 g/mol. The van der Waals surface area contributed by atoms with Crippen molar-refractivity contribution in [1.82, 2.24) is 19.8 Å². The molecule has 1 fully saturated rings. The van der Waals surface area contributed by atoms with E-state index in [-0.39, 0.29) is 23.3 Å². The van der Waals surface area contributed by atoms with Crippen molar-refractivity contribution in [2.75, 3.05) is 19.3 Å². The van der Waals surface area contributed by atoms with Gasteiger partial charge in [-0.3, -0.25) is 4.79 Å². The van der Waals surface area contributed by atoms with Gasteiger partial charge in [-0.25, -0.2) is 9.37 Å². The van der Waals surface area contributed by atoms with Crippen molar-refractivity contribution in [3.05, 3.63) is 81.6 Å². The Morgan fingerprint density at radius 1 is 1.27 bits per heavy atom. The fraction of sp³-hybridized carbons (Fsp3) is 0.320. The Balaban J connectivity index is 1.31. The van der Waals surface area contributed by atoms with Crippen molar-refractivity contribution >= 4 is 32.0 Å². The number of aromatic nitrogens is 2. The molecule has 194 valence electrons. The zero-order valence-electron chi connectivity index (χ0n) is 20.0. The first-order valence-electron chi connectivity index (χ1n) is 11.5. The average Bonchev–Trinajstić information content (AvgIpc) is 3.42. The van der Waals surface area contributed by atoms with Crippen LogP contribution in [-0.2, 0) is 34.4 Å². The Bertz CT molecular complexity index is 1450. The van der Waals surface area contributed by atoms with Gasteiger partial charge in [0.25, 0.3) is 0 Å². The lowest BCUT2D eigenvalue weighted by Crippen LogP contribution is -2.39. The molecule has 1 aliphatic rings. The van der Waals surface area contributed by atoms with E-state index in [1.165, 1.54) is 12.1 Å². The van der Waals surface area contributed by atoms with Crippen molar-refractivity contribution in [2.24, 2.45) is 0 Å². The minimum atomic E-state index is -3.65. The van der Waals surface area contributed by atoms with Crippen LogP contribution in [0.1, 0.15) is 28.8 Å². The summed E-state index contributed by atoms with van der Waals surface area (Å²) in [6.45, 7) is 1.87. The summed E-state index contributed by atoms with van der Waals surface area (Å²) in [5.41, 5.74) is 2.42. The van der Waals surface area contributed by atoms with E-state index >= 15 is 0 Å². The van der Waals surface area contributed by atoms with Gasteiger partial charge in [0, 0.05) is 49.0 Å². The Morgan fingerprint density at radius 3 is 2.81 bits per heavy atom. The molecular formula is C25H25BrFN5O4S. The molecule has 1 N–H and O–H groups in total. The molecule has 4 rings (SSSR count). The number of nitriles is 1. The van der Waals surface area contributed by atoms with Crippen molar-refractivity contribution in [2.45, 2.75) is 32.0 Å². The quantitative estimate of drug-likeness (QED) is 0.361. The molecule has 0 unspecified atom stereocenters. The molecule has 0 aliphatic carbocycles. The van der Waals surface area contributed by atoms with Gasteiger partial charge in [-0.1, -0.05) is 22.0 Å². The van der Waals surface area contributed by atoms with Crippen LogP contribution >= 0.6 is 15.9 Å². The minimum Gasteiger partial charge on any atom is -0.383 e. The second-order valence-electron chi connectivity index (χ2n) is 8.78. The average molecular weight is 590 g/mol. The van der Waals surface area contributed by atoms with Gasteiger partial charge in [-0.05, 0) is 47.9 Å². The van der Waals surface area contributed by atoms with Crippen LogP contribution < -0.4 is 9.50 Å². The maximum absolute atomic E-state index is 13.9. The Kier molecular flexibility index (Phi) is 8.26. The number of carbonyl (C=O) groups excluding carboxylic acids is 1. The van der Waals surface area contributed by atoms with E-state index in [0.717, 1.165) is 27.5 Å². The van der Waals surface area contributed by atoms with E-state index in [1.807, 2.05) is 10.6 Å². The molecular weight excluding hydrogens is 565 g/mol. The van der Waals surface area contributed by atoms with Gasteiger partial charge in [-0.2, -0.15) is 13.7 Å². The number of halogens is 2. The third kappa shape index (κ3) is 6.94. The molecule has 0 radical (unpaired) electrons. The van der Waals surface area contributed by atoms with Crippen LogP contribution in [-0.4, -0.2) is 54.2 Å². The van der Waals surface area contributed by atoms with Crippen LogP contribution in [0.5, 0.6) is 5.75 Å². The number of carbonyl (C=O) groups is 1. The van der Waals surface area contributed by atoms with Crippen LogP contribution in [0.25, 0.3) is 0 Å². The van der Waals surface area contributed by atoms with Crippen LogP contribution in [0, 0.1) is 17.1 Å². The van der Waals surface area contributed by atoms with Crippen molar-refractivity contribution in [3.63, 3.8) is 0 Å². The maximum atomic E-state index is 13.9. The summed E-state index contributed by atoms with van der Waals surface area (Å²) < 4.78 is 44.4. The minimum absolute atomic E-state index is 0.0105. The van der Waals surface area contributed by atoms with E-state index in [9.17, 15) is 17.6 Å². The molecule has 0 bridgehead atoms. The molecule has 2 aromatic carbocycles. The summed E-state index contributed by atoms with van der Waals surface area (Å²) in [6, 6.07) is 10.9. The lowest BCUT2D eigenvalue weighted by molar-refractivity contribution is -0.129. The van der Waals surface area contributed by atoms with E-state index < -0.39 is 15.9 Å². The molecule has 1 saturated heterocycles. The van der Waals surface area contributed by atoms with Gasteiger partial charge in [0.2, 0.25) is 5.91 Å². The highest BCUT2D eigenvalue weighted by Gasteiger charge is 2.31. The number of rotatable bonds is 10. The van der Waals surface area contributed by atoms with Crippen molar-refractivity contribution in [1.29, 1.82) is 5.26 Å². The maximum Gasteiger partial charge on any atom is 0.306 e. The fourth-order valence-electron chi connectivity index (χ4n) is 4.21. The molecule has 1 aliphatic heterocycles. The van der Waals surface area contributed by atoms with Crippen molar-refractivity contribution in [3.8, 4) is 11.8 Å². The largest absolute Gasteiger partial charge is 0.383 e. The fourth-order valence-corrected chi connectivity index (χ4v) is 5.03. The molecule has 37 heavy (non-hydrogen) atoms. The summed E-state index contributed by atoms with van der Waals surface area (Å²) in [4.78, 5) is 18.9. The van der Waals surface area contributed by atoms with E-state index in [1.54, 1.807) is 41.7 Å².